The van der Waals surface area contributed by atoms with Crippen molar-refractivity contribution in [2.24, 2.45) is 0 Å². The highest BCUT2D eigenvalue weighted by atomic mass is 32.1. The first-order chi connectivity index (χ1) is 10.8. The second kappa shape index (κ2) is 5.63. The van der Waals surface area contributed by atoms with Gasteiger partial charge in [-0.2, -0.15) is 13.2 Å². The first-order valence-corrected chi connectivity index (χ1v) is 8.06. The minimum atomic E-state index is -4.40. The number of carbonyl (C=O) groups excluding carboxylic acids is 1. The van der Waals surface area contributed by atoms with E-state index in [9.17, 15) is 18.0 Å². The zero-order valence-corrected chi connectivity index (χ0v) is 13.2. The molecular weight excluding hydrogens is 325 g/mol. The van der Waals surface area contributed by atoms with Crippen molar-refractivity contribution in [3.8, 4) is 0 Å². The Hall–Kier alpha value is -1.89. The second-order valence-corrected chi connectivity index (χ2v) is 6.76. The Morgan fingerprint density at radius 3 is 2.70 bits per heavy atom. The number of amides is 1. The Bertz CT molecular complexity index is 735. The summed E-state index contributed by atoms with van der Waals surface area (Å²) in [5.41, 5.74) is -0.351. The van der Waals surface area contributed by atoms with Crippen molar-refractivity contribution in [2.45, 2.75) is 37.9 Å². The number of nitrogens with one attached hydrogen (secondary N) is 1. The van der Waals surface area contributed by atoms with Gasteiger partial charge in [-0.25, -0.2) is 4.98 Å². The zero-order chi connectivity index (χ0) is 16.7. The van der Waals surface area contributed by atoms with Crippen LogP contribution in [0.4, 0.5) is 13.2 Å². The van der Waals surface area contributed by atoms with Crippen molar-refractivity contribution < 1.29 is 18.0 Å². The molecule has 122 valence electrons. The van der Waals surface area contributed by atoms with Gasteiger partial charge in [-0.15, -0.1) is 11.3 Å². The van der Waals surface area contributed by atoms with Gasteiger partial charge in [-0.3, -0.25) is 4.79 Å². The van der Waals surface area contributed by atoms with Gasteiger partial charge in [0.05, 0.1) is 28.2 Å². The van der Waals surface area contributed by atoms with Crippen LogP contribution in [0, 0.1) is 6.92 Å². The summed E-state index contributed by atoms with van der Waals surface area (Å²) in [7, 11) is 0. The van der Waals surface area contributed by atoms with Gasteiger partial charge in [0.15, 0.2) is 0 Å². The molecule has 1 aliphatic rings. The van der Waals surface area contributed by atoms with Crippen molar-refractivity contribution in [3.63, 3.8) is 0 Å². The fourth-order valence-corrected chi connectivity index (χ4v) is 3.21. The molecule has 1 aromatic carbocycles. The van der Waals surface area contributed by atoms with E-state index in [1.54, 1.807) is 6.07 Å². The monoisotopic (exact) mass is 340 g/mol. The lowest BCUT2D eigenvalue weighted by Gasteiger charge is -2.17. The Labute approximate surface area is 135 Å². The maximum Gasteiger partial charge on any atom is 0.416 e. The summed E-state index contributed by atoms with van der Waals surface area (Å²) < 4.78 is 38.5. The first kappa shape index (κ1) is 16.0. The van der Waals surface area contributed by atoms with Crippen LogP contribution in [0.25, 0.3) is 0 Å². The molecule has 3 nitrogen and oxygen atoms in total. The number of benzene rings is 1. The minimum absolute atomic E-state index is 0.234. The van der Waals surface area contributed by atoms with Gasteiger partial charge in [0.2, 0.25) is 5.91 Å². The van der Waals surface area contributed by atoms with E-state index in [-0.39, 0.29) is 5.91 Å². The fraction of sp³-hybridized carbons (Fsp3) is 0.375. The Balaban J connectivity index is 1.75. The first-order valence-electron chi connectivity index (χ1n) is 7.18. The van der Waals surface area contributed by atoms with Crippen LogP contribution in [-0.4, -0.2) is 10.9 Å². The summed E-state index contributed by atoms with van der Waals surface area (Å²) in [4.78, 5) is 16.7. The standard InChI is InChI=1S/C16H15F3N2OS/c1-10-21-13(9-23-10)8-20-14(22)15(5-6-15)11-3-2-4-12(7-11)16(17,18)19/h2-4,7,9H,5-6,8H2,1H3,(H,20,22). The maximum absolute atomic E-state index is 12.8. The molecule has 1 heterocycles. The number of aromatic nitrogens is 1. The number of halogens is 3. The average Bonchev–Trinajstić information content (AvgIpc) is 3.22. The van der Waals surface area contributed by atoms with E-state index in [2.05, 4.69) is 10.3 Å². The molecule has 1 aromatic heterocycles. The summed E-state index contributed by atoms with van der Waals surface area (Å²) in [5, 5.41) is 5.57. The molecule has 0 unspecified atom stereocenters. The normalized spacial score (nSPS) is 16.2. The highest BCUT2D eigenvalue weighted by Crippen LogP contribution is 2.49. The molecule has 0 saturated heterocycles. The van der Waals surface area contributed by atoms with E-state index in [1.165, 1.54) is 17.4 Å². The molecule has 0 aliphatic heterocycles. The average molecular weight is 340 g/mol. The third kappa shape index (κ3) is 3.24. The van der Waals surface area contributed by atoms with Crippen LogP contribution in [0.5, 0.6) is 0 Å². The van der Waals surface area contributed by atoms with Gasteiger partial charge in [0, 0.05) is 5.38 Å². The fourth-order valence-electron chi connectivity index (χ4n) is 2.59. The van der Waals surface area contributed by atoms with E-state index in [0.29, 0.717) is 24.9 Å². The lowest BCUT2D eigenvalue weighted by Crippen LogP contribution is -2.34. The lowest BCUT2D eigenvalue weighted by atomic mass is 9.93. The molecule has 2 aromatic rings. The topological polar surface area (TPSA) is 42.0 Å². The zero-order valence-electron chi connectivity index (χ0n) is 12.4. The van der Waals surface area contributed by atoms with Crippen LogP contribution in [0.2, 0.25) is 0 Å². The van der Waals surface area contributed by atoms with Gasteiger partial charge in [0.25, 0.3) is 0 Å². The van der Waals surface area contributed by atoms with Gasteiger partial charge >= 0.3 is 6.18 Å². The molecule has 1 amide bonds. The molecule has 0 radical (unpaired) electrons. The smallest absolute Gasteiger partial charge is 0.350 e. The molecule has 1 aliphatic carbocycles. The maximum atomic E-state index is 12.8. The largest absolute Gasteiger partial charge is 0.416 e. The van der Waals surface area contributed by atoms with Crippen molar-refractivity contribution in [3.05, 3.63) is 51.5 Å². The van der Waals surface area contributed by atoms with E-state index in [0.717, 1.165) is 22.8 Å². The number of nitrogens with zero attached hydrogens (tertiary/aromatic N) is 1. The highest BCUT2D eigenvalue weighted by Gasteiger charge is 2.51. The van der Waals surface area contributed by atoms with E-state index in [4.69, 9.17) is 0 Å². The summed E-state index contributed by atoms with van der Waals surface area (Å²) in [5.74, 6) is -0.234. The molecule has 3 rings (SSSR count). The number of hydrogen-bond donors (Lipinski definition) is 1. The van der Waals surface area contributed by atoms with E-state index in [1.807, 2.05) is 12.3 Å². The quantitative estimate of drug-likeness (QED) is 0.919. The minimum Gasteiger partial charge on any atom is -0.350 e. The van der Waals surface area contributed by atoms with Crippen molar-refractivity contribution in [1.82, 2.24) is 10.3 Å². The molecule has 1 saturated carbocycles. The van der Waals surface area contributed by atoms with Crippen LogP contribution in [-0.2, 0) is 22.9 Å². The second-order valence-electron chi connectivity index (χ2n) is 5.70. The highest BCUT2D eigenvalue weighted by molar-refractivity contribution is 7.09. The van der Waals surface area contributed by atoms with Crippen LogP contribution < -0.4 is 5.32 Å². The van der Waals surface area contributed by atoms with Gasteiger partial charge in [-0.05, 0) is 31.4 Å². The van der Waals surface area contributed by atoms with Crippen LogP contribution >= 0.6 is 11.3 Å². The summed E-state index contributed by atoms with van der Waals surface area (Å²) in [6.07, 6.45) is -3.27. The number of aryl methyl sites for hydroxylation is 1. The van der Waals surface area contributed by atoms with Crippen molar-refractivity contribution >= 4 is 17.2 Å². The van der Waals surface area contributed by atoms with Crippen molar-refractivity contribution in [1.29, 1.82) is 0 Å². The van der Waals surface area contributed by atoms with Gasteiger partial charge in [-0.1, -0.05) is 18.2 Å². The van der Waals surface area contributed by atoms with Crippen LogP contribution in [0.15, 0.2) is 29.6 Å². The van der Waals surface area contributed by atoms with Gasteiger partial charge in [0.1, 0.15) is 0 Å². The SMILES string of the molecule is Cc1nc(CNC(=O)C2(c3cccc(C(F)(F)F)c3)CC2)cs1. The predicted octanol–water partition coefficient (Wildman–Crippen LogP) is 3.82. The summed E-state index contributed by atoms with van der Waals surface area (Å²) in [6, 6.07) is 5.05. The van der Waals surface area contributed by atoms with Crippen LogP contribution in [0.1, 0.15) is 34.7 Å². The molecule has 23 heavy (non-hydrogen) atoms. The molecule has 7 heteroatoms. The summed E-state index contributed by atoms with van der Waals surface area (Å²) in [6.45, 7) is 2.17. The molecule has 1 N–H and O–H groups in total. The van der Waals surface area contributed by atoms with E-state index < -0.39 is 17.2 Å². The van der Waals surface area contributed by atoms with Crippen molar-refractivity contribution in [2.75, 3.05) is 0 Å². The van der Waals surface area contributed by atoms with Gasteiger partial charge < -0.3 is 5.32 Å². The number of carbonyl (C=O) groups is 1. The molecule has 0 bridgehead atoms. The number of alkyl halides is 3. The molecule has 0 spiro atoms. The number of hydrogen-bond acceptors (Lipinski definition) is 3. The Morgan fingerprint density at radius 2 is 2.13 bits per heavy atom. The third-order valence-corrected chi connectivity index (χ3v) is 4.85. The number of thiazole rings is 1. The summed E-state index contributed by atoms with van der Waals surface area (Å²) >= 11 is 1.49. The molecular formula is C16H15F3N2OS. The number of rotatable bonds is 4. The molecule has 0 atom stereocenters. The van der Waals surface area contributed by atoms with E-state index >= 15 is 0 Å². The lowest BCUT2D eigenvalue weighted by molar-refractivity contribution is -0.137. The third-order valence-electron chi connectivity index (χ3n) is 4.02. The molecule has 1 fully saturated rings. The predicted molar refractivity (Wildman–Crippen MR) is 81.1 cm³/mol. The van der Waals surface area contributed by atoms with Crippen LogP contribution in [0.3, 0.4) is 0 Å². The Kier molecular flexibility index (Phi) is 3.91. The Morgan fingerprint density at radius 1 is 1.39 bits per heavy atom.